The van der Waals surface area contributed by atoms with Crippen LogP contribution in [0.2, 0.25) is 0 Å². The van der Waals surface area contributed by atoms with E-state index in [1.807, 2.05) is 33.8 Å². The Morgan fingerprint density at radius 1 is 1.15 bits per heavy atom. The molecule has 0 radical (unpaired) electrons. The van der Waals surface area contributed by atoms with Gasteiger partial charge in [-0.15, -0.1) is 6.42 Å². The molecule has 6 aliphatic heterocycles. The van der Waals surface area contributed by atoms with Gasteiger partial charge in [0.1, 0.15) is 31.0 Å². The van der Waals surface area contributed by atoms with Crippen molar-refractivity contribution in [1.82, 2.24) is 19.9 Å². The number of aliphatic hydroxyl groups excluding tert-OH is 1. The van der Waals surface area contributed by atoms with Gasteiger partial charge in [-0.2, -0.15) is 15.2 Å². The number of ether oxygens (including phenoxy) is 3. The molecule has 0 aliphatic carbocycles. The molecule has 6 aliphatic rings. The number of benzene rings is 1. The van der Waals surface area contributed by atoms with E-state index in [4.69, 9.17) is 35.6 Å². The number of aromatic nitrogens is 3. The zero-order valence-corrected chi connectivity index (χ0v) is 33.8. The summed E-state index contributed by atoms with van der Waals surface area (Å²) in [6.07, 6.45) is 8.48. The number of aliphatic hydroxyl groups is 1. The highest BCUT2D eigenvalue weighted by atomic mass is 19.1. The largest absolute Gasteiger partial charge is 0.486 e. The van der Waals surface area contributed by atoms with Crippen LogP contribution in [0.4, 0.5) is 31.8 Å². The van der Waals surface area contributed by atoms with Crippen molar-refractivity contribution in [3.63, 3.8) is 0 Å². The number of halogens is 2. The quantitative estimate of drug-likeness (QED) is 0.262. The summed E-state index contributed by atoms with van der Waals surface area (Å²) < 4.78 is 49.2. The molecule has 60 heavy (non-hydrogen) atoms. The second-order valence-electron chi connectivity index (χ2n) is 17.1. The molecule has 1 N–H and O–H groups in total. The first-order valence-electron chi connectivity index (χ1n) is 20.7. The number of carbonyl (C=O) groups is 1. The number of morpholine rings is 1. The average Bonchev–Trinajstić information content (AvgIpc) is 3.68. The third-order valence-corrected chi connectivity index (χ3v) is 13.1. The summed E-state index contributed by atoms with van der Waals surface area (Å²) in [5, 5.41) is 21.0. The first-order chi connectivity index (χ1) is 29.0. The lowest BCUT2D eigenvalue weighted by Gasteiger charge is -2.44. The van der Waals surface area contributed by atoms with Gasteiger partial charge in [0.25, 0.3) is 0 Å². The topological polar surface area (TPSA) is 144 Å². The second kappa shape index (κ2) is 15.7. The van der Waals surface area contributed by atoms with Crippen molar-refractivity contribution in [3.05, 3.63) is 65.8 Å². The number of terminal acetylenes is 1. The highest BCUT2D eigenvalue weighted by molar-refractivity contribution is 5.88. The molecule has 1 unspecified atom stereocenters. The number of nitriles is 1. The lowest BCUT2D eigenvalue weighted by molar-refractivity contribution is -0.129. The summed E-state index contributed by atoms with van der Waals surface area (Å²) in [5.41, 5.74) is 1.96. The molecule has 1 amide bonds. The first-order valence-corrected chi connectivity index (χ1v) is 20.7. The molecule has 14 nitrogen and oxygen atoms in total. The summed E-state index contributed by atoms with van der Waals surface area (Å²) in [6, 6.07) is 8.54. The molecule has 314 valence electrons. The van der Waals surface area contributed by atoms with Crippen molar-refractivity contribution in [3.8, 4) is 30.2 Å². The average molecular weight is 822 g/mol. The molecule has 4 fully saturated rings. The molecular formula is C44H49F2N9O5. The molecule has 2 bridgehead atoms. The zero-order chi connectivity index (χ0) is 41.9. The van der Waals surface area contributed by atoms with E-state index in [1.54, 1.807) is 17.2 Å². The van der Waals surface area contributed by atoms with Crippen molar-refractivity contribution in [2.24, 2.45) is 5.92 Å². The van der Waals surface area contributed by atoms with Gasteiger partial charge in [0.15, 0.2) is 11.6 Å². The van der Waals surface area contributed by atoms with E-state index in [-0.39, 0.29) is 74.2 Å². The number of fused-ring (bicyclic) bond motifs is 4. The van der Waals surface area contributed by atoms with Gasteiger partial charge in [-0.1, -0.05) is 18.6 Å². The molecular weight excluding hydrogens is 773 g/mol. The van der Waals surface area contributed by atoms with Crippen LogP contribution in [0.25, 0.3) is 0 Å². The minimum Gasteiger partial charge on any atom is -0.486 e. The van der Waals surface area contributed by atoms with Gasteiger partial charge in [0, 0.05) is 45.4 Å². The van der Waals surface area contributed by atoms with E-state index in [0.29, 0.717) is 68.5 Å². The van der Waals surface area contributed by atoms with E-state index in [2.05, 4.69) is 30.4 Å². The normalized spacial score (nSPS) is 29.6. The molecule has 8 heterocycles. The van der Waals surface area contributed by atoms with E-state index in [9.17, 15) is 15.2 Å². The highest BCUT2D eigenvalue weighted by Gasteiger charge is 2.50. The molecule has 3 aromatic rings. The summed E-state index contributed by atoms with van der Waals surface area (Å²) >= 11 is 0. The number of pyridine rings is 1. The third kappa shape index (κ3) is 6.99. The van der Waals surface area contributed by atoms with Crippen molar-refractivity contribution in [2.75, 3.05) is 78.8 Å². The van der Waals surface area contributed by atoms with Gasteiger partial charge < -0.3 is 43.8 Å². The molecule has 0 saturated carbocycles. The Labute approximate surface area is 348 Å². The predicted octanol–water partition coefficient (Wildman–Crippen LogP) is 3.45. The molecule has 0 spiro atoms. The number of β-amino-alcohol motifs (C(OH)–C–C–N with tert-alkyl or cyclic N) is 1. The highest BCUT2D eigenvalue weighted by Crippen LogP contribution is 2.44. The Hall–Kier alpha value is -5.71. The first kappa shape index (κ1) is 39.7. The Morgan fingerprint density at radius 2 is 2.00 bits per heavy atom. The molecule has 8 atom stereocenters. The number of carbonyl (C=O) groups excluding carboxylic acids is 1. The second-order valence-corrected chi connectivity index (χ2v) is 17.1. The Kier molecular flexibility index (Phi) is 10.4. The van der Waals surface area contributed by atoms with Gasteiger partial charge in [-0.05, 0) is 50.1 Å². The van der Waals surface area contributed by atoms with Crippen LogP contribution in [-0.4, -0.2) is 132 Å². The number of piperazine rings is 1. The number of rotatable bonds is 8. The monoisotopic (exact) mass is 821 g/mol. The fourth-order valence-corrected chi connectivity index (χ4v) is 10.2. The van der Waals surface area contributed by atoms with Crippen LogP contribution < -0.4 is 29.1 Å². The molecule has 4 saturated heterocycles. The maximum Gasteiger partial charge on any atom is 0.318 e. The van der Waals surface area contributed by atoms with E-state index in [1.165, 1.54) is 12.1 Å². The summed E-state index contributed by atoms with van der Waals surface area (Å²) in [5.74, 6) is 3.17. The van der Waals surface area contributed by atoms with Crippen LogP contribution in [0, 0.1) is 35.4 Å². The predicted molar refractivity (Wildman–Crippen MR) is 220 cm³/mol. The van der Waals surface area contributed by atoms with Gasteiger partial charge in [-0.3, -0.25) is 4.79 Å². The van der Waals surface area contributed by atoms with Crippen LogP contribution in [0.3, 0.4) is 0 Å². The molecule has 2 aromatic heterocycles. The Balaban J connectivity index is 1.03. The standard InChI is InChI=1S/C44H49F2N9O5/c1-5-34-35(46)9-7-27-14-33(56)21-53(40(27)34)32-15-36-41(59-24-32)42(51-20-31-13-28(17-47)37(22-51)55(31)39(57)6-2)50-43(49-36)60-25-44(4)16-29(45)19-54(44)30-8-10-38(48-18-30)52-11-12-58-23-26(52)3/h1,6-10,18,26,28-29,31-33,37,56H,2,11-16,19-25H2,3-4H3/t26-,28?,29-,31-,32+,33+,37-,44+/m1/s1. The lowest BCUT2D eigenvalue weighted by Crippen LogP contribution is -2.56. The summed E-state index contributed by atoms with van der Waals surface area (Å²) in [7, 11) is 0. The minimum atomic E-state index is -1.11. The van der Waals surface area contributed by atoms with E-state index in [0.717, 1.165) is 23.6 Å². The molecule has 9 rings (SSSR count). The molecule has 16 heteroatoms. The summed E-state index contributed by atoms with van der Waals surface area (Å²) in [4.78, 5) is 37.5. The number of nitrogens with zero attached hydrogens (tertiary/aromatic N) is 9. The van der Waals surface area contributed by atoms with E-state index >= 15 is 8.78 Å². The minimum absolute atomic E-state index is 0.0536. The van der Waals surface area contributed by atoms with Crippen LogP contribution >= 0.6 is 0 Å². The Bertz CT molecular complexity index is 2250. The van der Waals surface area contributed by atoms with Crippen LogP contribution in [0.15, 0.2) is 43.1 Å². The van der Waals surface area contributed by atoms with Gasteiger partial charge in [0.05, 0.1) is 96.4 Å². The Morgan fingerprint density at radius 3 is 2.75 bits per heavy atom. The maximum absolute atomic E-state index is 15.4. The summed E-state index contributed by atoms with van der Waals surface area (Å²) in [6.45, 7) is 11.1. The van der Waals surface area contributed by atoms with Crippen molar-refractivity contribution in [2.45, 2.75) is 81.5 Å². The zero-order valence-electron chi connectivity index (χ0n) is 33.8. The fourth-order valence-electron chi connectivity index (χ4n) is 10.2. The SMILES string of the molecule is C#Cc1c(F)ccc2c1N([C@@H]1COc3c(nc(OC[C@]4(C)C[C@@H](F)CN4c4ccc(N5CCOC[C@H]5C)nc4)nc3N3C[C@H]4CC(C#N)[C@@H](C3)N4C(=O)C=C)C1)C[C@@H](O)C2. The van der Waals surface area contributed by atoms with Gasteiger partial charge in [0.2, 0.25) is 5.91 Å². The number of hydrogen-bond acceptors (Lipinski definition) is 13. The van der Waals surface area contributed by atoms with Crippen LogP contribution in [0.1, 0.15) is 43.5 Å². The smallest absolute Gasteiger partial charge is 0.318 e. The number of alkyl halides is 1. The number of amides is 1. The van der Waals surface area contributed by atoms with Crippen molar-refractivity contribution >= 4 is 28.9 Å². The number of hydrogen-bond donors (Lipinski definition) is 1. The van der Waals surface area contributed by atoms with Gasteiger partial charge in [-0.25, -0.2) is 13.8 Å². The van der Waals surface area contributed by atoms with Crippen LogP contribution in [0.5, 0.6) is 11.8 Å². The fraction of sp³-hybridized carbons (Fsp3) is 0.523. The molecule has 1 aromatic carbocycles. The maximum atomic E-state index is 15.4. The van der Waals surface area contributed by atoms with Crippen molar-refractivity contribution < 1.29 is 32.9 Å². The lowest BCUT2D eigenvalue weighted by atomic mass is 9.93. The third-order valence-electron chi connectivity index (χ3n) is 13.1. The van der Waals surface area contributed by atoms with Crippen LogP contribution in [-0.2, 0) is 22.4 Å². The van der Waals surface area contributed by atoms with Crippen molar-refractivity contribution in [1.29, 1.82) is 5.26 Å². The van der Waals surface area contributed by atoms with Gasteiger partial charge >= 0.3 is 6.01 Å². The number of anilines is 4. The van der Waals surface area contributed by atoms with E-state index < -0.39 is 29.7 Å².